The summed E-state index contributed by atoms with van der Waals surface area (Å²) in [6, 6.07) is 5.96. The molecule has 62 valence electrons. The predicted octanol–water partition coefficient (Wildman–Crippen LogP) is 2.91. The van der Waals surface area contributed by atoms with Crippen molar-refractivity contribution in [3.8, 4) is 5.75 Å². The standard InChI is InChI=1S/C8H6INOS/c1-11-5-3-2-4-6-7(5)10-8(9)12-6/h2-4H,1H3. The molecule has 0 radical (unpaired) electrons. The number of aromatic nitrogens is 1. The van der Waals surface area contributed by atoms with Gasteiger partial charge in [0.05, 0.1) is 11.8 Å². The third-order valence-corrected chi connectivity index (χ3v) is 3.29. The summed E-state index contributed by atoms with van der Waals surface area (Å²) in [4.78, 5) is 4.36. The van der Waals surface area contributed by atoms with Crippen molar-refractivity contribution in [3.05, 3.63) is 21.2 Å². The second kappa shape index (κ2) is 3.18. The van der Waals surface area contributed by atoms with E-state index in [4.69, 9.17) is 4.74 Å². The Labute approximate surface area is 87.7 Å². The summed E-state index contributed by atoms with van der Waals surface area (Å²) in [6.07, 6.45) is 0. The third-order valence-electron chi connectivity index (χ3n) is 1.58. The highest BCUT2D eigenvalue weighted by atomic mass is 127. The van der Waals surface area contributed by atoms with E-state index in [1.807, 2.05) is 12.1 Å². The quantitative estimate of drug-likeness (QED) is 0.754. The maximum atomic E-state index is 5.18. The number of methoxy groups -OCH3 is 1. The van der Waals surface area contributed by atoms with Crippen LogP contribution < -0.4 is 4.74 Å². The van der Waals surface area contributed by atoms with E-state index in [9.17, 15) is 0 Å². The van der Waals surface area contributed by atoms with Gasteiger partial charge in [-0.1, -0.05) is 6.07 Å². The molecule has 0 aliphatic heterocycles. The topological polar surface area (TPSA) is 22.1 Å². The number of para-hydroxylation sites is 1. The zero-order valence-corrected chi connectivity index (χ0v) is 9.35. The Hall–Kier alpha value is -0.360. The maximum absolute atomic E-state index is 5.18. The van der Waals surface area contributed by atoms with E-state index in [0.717, 1.165) is 14.3 Å². The van der Waals surface area contributed by atoms with Crippen LogP contribution in [0.25, 0.3) is 10.2 Å². The normalized spacial score (nSPS) is 10.5. The lowest BCUT2D eigenvalue weighted by atomic mass is 10.3. The van der Waals surface area contributed by atoms with Crippen molar-refractivity contribution in [2.45, 2.75) is 0 Å². The molecule has 0 aliphatic rings. The van der Waals surface area contributed by atoms with Crippen molar-refractivity contribution in [2.75, 3.05) is 7.11 Å². The molecule has 0 saturated carbocycles. The molecule has 0 atom stereocenters. The van der Waals surface area contributed by atoms with E-state index in [-0.39, 0.29) is 0 Å². The van der Waals surface area contributed by atoms with Crippen LogP contribution in [0, 0.1) is 3.01 Å². The molecule has 0 spiro atoms. The zero-order chi connectivity index (χ0) is 8.55. The highest BCUT2D eigenvalue weighted by Gasteiger charge is 2.05. The van der Waals surface area contributed by atoms with Crippen molar-refractivity contribution >= 4 is 44.1 Å². The van der Waals surface area contributed by atoms with Gasteiger partial charge in [-0.15, -0.1) is 11.3 Å². The molecular weight excluding hydrogens is 285 g/mol. The molecule has 4 heteroatoms. The summed E-state index contributed by atoms with van der Waals surface area (Å²) >= 11 is 3.90. The van der Waals surface area contributed by atoms with Gasteiger partial charge >= 0.3 is 0 Å². The number of hydrogen-bond acceptors (Lipinski definition) is 3. The minimum Gasteiger partial charge on any atom is -0.494 e. The number of fused-ring (bicyclic) bond motifs is 1. The lowest BCUT2D eigenvalue weighted by Gasteiger charge is -1.97. The third kappa shape index (κ3) is 1.29. The molecule has 0 bridgehead atoms. The SMILES string of the molecule is COc1cccc2sc(I)nc12. The monoisotopic (exact) mass is 291 g/mol. The molecule has 0 unspecified atom stereocenters. The van der Waals surface area contributed by atoms with Crippen LogP contribution in [0.15, 0.2) is 18.2 Å². The fraction of sp³-hybridized carbons (Fsp3) is 0.125. The average Bonchev–Trinajstić information content (AvgIpc) is 2.44. The Kier molecular flexibility index (Phi) is 2.18. The number of thiazole rings is 1. The van der Waals surface area contributed by atoms with Gasteiger partial charge in [0.2, 0.25) is 0 Å². The van der Waals surface area contributed by atoms with Crippen LogP contribution in [0.3, 0.4) is 0 Å². The van der Waals surface area contributed by atoms with E-state index < -0.39 is 0 Å². The predicted molar refractivity (Wildman–Crippen MR) is 58.9 cm³/mol. The van der Waals surface area contributed by atoms with Crippen LogP contribution in [0.5, 0.6) is 5.75 Å². The van der Waals surface area contributed by atoms with Crippen LogP contribution in [-0.4, -0.2) is 12.1 Å². The summed E-state index contributed by atoms with van der Waals surface area (Å²) < 4.78 is 7.41. The highest BCUT2D eigenvalue weighted by molar-refractivity contribution is 14.1. The molecule has 2 aromatic rings. The van der Waals surface area contributed by atoms with Gasteiger partial charge in [0, 0.05) is 0 Å². The van der Waals surface area contributed by atoms with Gasteiger partial charge in [-0.25, -0.2) is 4.98 Å². The minimum atomic E-state index is 0.853. The van der Waals surface area contributed by atoms with Gasteiger partial charge in [-0.3, -0.25) is 0 Å². The number of benzene rings is 1. The summed E-state index contributed by atoms with van der Waals surface area (Å²) in [5.74, 6) is 0.853. The van der Waals surface area contributed by atoms with Crippen molar-refractivity contribution < 1.29 is 4.74 Å². The summed E-state index contributed by atoms with van der Waals surface area (Å²) in [5.41, 5.74) is 0.967. The van der Waals surface area contributed by atoms with E-state index >= 15 is 0 Å². The Balaban J connectivity index is 2.78. The molecule has 2 nitrogen and oxygen atoms in total. The Morgan fingerprint density at radius 2 is 2.33 bits per heavy atom. The molecule has 0 fully saturated rings. The van der Waals surface area contributed by atoms with Gasteiger partial charge in [-0.05, 0) is 34.7 Å². The van der Waals surface area contributed by atoms with Gasteiger partial charge in [-0.2, -0.15) is 0 Å². The van der Waals surface area contributed by atoms with Gasteiger partial charge in [0.25, 0.3) is 0 Å². The molecule has 0 saturated heterocycles. The number of nitrogens with zero attached hydrogens (tertiary/aromatic N) is 1. The number of hydrogen-bond donors (Lipinski definition) is 0. The van der Waals surface area contributed by atoms with Gasteiger partial charge in [0.15, 0.2) is 3.01 Å². The number of halogens is 1. The molecule has 1 aromatic heterocycles. The minimum absolute atomic E-state index is 0.853. The lowest BCUT2D eigenvalue weighted by molar-refractivity contribution is 0.419. The fourth-order valence-corrected chi connectivity index (χ4v) is 2.72. The Bertz CT molecular complexity index is 412. The van der Waals surface area contributed by atoms with Crippen LogP contribution in [0.4, 0.5) is 0 Å². The molecule has 0 amide bonds. The van der Waals surface area contributed by atoms with Crippen molar-refractivity contribution in [1.82, 2.24) is 4.98 Å². The molecule has 2 rings (SSSR count). The molecule has 0 aliphatic carbocycles. The van der Waals surface area contributed by atoms with Crippen LogP contribution in [0.2, 0.25) is 0 Å². The van der Waals surface area contributed by atoms with E-state index in [1.165, 1.54) is 4.70 Å². The Morgan fingerprint density at radius 3 is 3.08 bits per heavy atom. The smallest absolute Gasteiger partial charge is 0.155 e. The largest absolute Gasteiger partial charge is 0.494 e. The van der Waals surface area contributed by atoms with Crippen LogP contribution >= 0.6 is 33.9 Å². The zero-order valence-electron chi connectivity index (χ0n) is 6.37. The lowest BCUT2D eigenvalue weighted by Crippen LogP contribution is -1.82. The molecule has 0 N–H and O–H groups in total. The van der Waals surface area contributed by atoms with Crippen LogP contribution in [0.1, 0.15) is 0 Å². The summed E-state index contributed by atoms with van der Waals surface area (Å²) in [6.45, 7) is 0. The van der Waals surface area contributed by atoms with Crippen LogP contribution in [-0.2, 0) is 0 Å². The van der Waals surface area contributed by atoms with Crippen molar-refractivity contribution in [3.63, 3.8) is 0 Å². The van der Waals surface area contributed by atoms with Gasteiger partial charge in [0.1, 0.15) is 11.3 Å². The maximum Gasteiger partial charge on any atom is 0.155 e. The Morgan fingerprint density at radius 1 is 1.50 bits per heavy atom. The highest BCUT2D eigenvalue weighted by Crippen LogP contribution is 2.29. The summed E-state index contributed by atoms with van der Waals surface area (Å²) in [7, 11) is 1.67. The first kappa shape index (κ1) is 8.25. The first-order valence-corrected chi connectivity index (χ1v) is 5.30. The van der Waals surface area contributed by atoms with Crippen molar-refractivity contribution in [2.24, 2.45) is 0 Å². The first-order chi connectivity index (χ1) is 5.81. The number of ether oxygens (including phenoxy) is 1. The first-order valence-electron chi connectivity index (χ1n) is 3.40. The van der Waals surface area contributed by atoms with E-state index in [1.54, 1.807) is 18.4 Å². The average molecular weight is 291 g/mol. The second-order valence-electron chi connectivity index (χ2n) is 2.27. The molecule has 1 heterocycles. The molecular formula is C8H6INOS. The second-order valence-corrected chi connectivity index (χ2v) is 5.06. The summed E-state index contributed by atoms with van der Waals surface area (Å²) in [5, 5.41) is 0. The van der Waals surface area contributed by atoms with E-state index in [0.29, 0.717) is 0 Å². The van der Waals surface area contributed by atoms with E-state index in [2.05, 4.69) is 33.6 Å². The fourth-order valence-electron chi connectivity index (χ4n) is 1.06. The number of rotatable bonds is 1. The van der Waals surface area contributed by atoms with Crippen molar-refractivity contribution in [1.29, 1.82) is 0 Å². The molecule has 1 aromatic carbocycles. The molecule has 12 heavy (non-hydrogen) atoms. The van der Waals surface area contributed by atoms with Gasteiger partial charge < -0.3 is 4.74 Å².